The summed E-state index contributed by atoms with van der Waals surface area (Å²) in [4.78, 5) is 34.2. The summed E-state index contributed by atoms with van der Waals surface area (Å²) in [6.45, 7) is 5.01. The lowest BCUT2D eigenvalue weighted by atomic mass is 9.98. The number of carboxylic acid groups (broad SMARTS) is 1. The van der Waals surface area contributed by atoms with Gasteiger partial charge in [-0.1, -0.05) is 25.8 Å². The van der Waals surface area contributed by atoms with Crippen LogP contribution in [-0.2, 0) is 23.9 Å². The maximum Gasteiger partial charge on any atom is 0.334 e. The van der Waals surface area contributed by atoms with Crippen molar-refractivity contribution in [1.29, 1.82) is 0 Å². The van der Waals surface area contributed by atoms with Crippen molar-refractivity contribution >= 4 is 17.9 Å². The van der Waals surface area contributed by atoms with Crippen LogP contribution in [0.4, 0.5) is 0 Å². The van der Waals surface area contributed by atoms with Gasteiger partial charge in [-0.2, -0.15) is 0 Å². The predicted molar refractivity (Wildman–Crippen MR) is 83.8 cm³/mol. The Morgan fingerprint density at radius 3 is 2.26 bits per heavy atom. The highest BCUT2D eigenvalue weighted by molar-refractivity contribution is 5.93. The fourth-order valence-electron chi connectivity index (χ4n) is 2.56. The van der Waals surface area contributed by atoms with Crippen molar-refractivity contribution in [3.8, 4) is 0 Å². The van der Waals surface area contributed by atoms with Crippen LogP contribution in [0.3, 0.4) is 0 Å². The first-order valence-corrected chi connectivity index (χ1v) is 8.18. The standard InChI is InChI=1S/C17H26O6/c1-12(17(21)22-13(2)11-15(18)19)10-16(20)23-14-8-6-4-3-5-7-9-14/h13-14H,1,3-11H2,2H3,(H,18,19). The summed E-state index contributed by atoms with van der Waals surface area (Å²) in [6.07, 6.45) is 6.01. The molecule has 1 rings (SSSR count). The molecule has 0 amide bonds. The normalized spacial score (nSPS) is 17.4. The quantitative estimate of drug-likeness (QED) is 0.571. The molecule has 1 N–H and O–H groups in total. The minimum Gasteiger partial charge on any atom is -0.481 e. The Hall–Kier alpha value is -1.85. The molecular formula is C17H26O6. The van der Waals surface area contributed by atoms with Gasteiger partial charge in [0.05, 0.1) is 12.8 Å². The summed E-state index contributed by atoms with van der Waals surface area (Å²) < 4.78 is 10.3. The highest BCUT2D eigenvalue weighted by Crippen LogP contribution is 2.20. The molecule has 0 heterocycles. The number of carbonyl (C=O) groups is 3. The molecule has 1 saturated carbocycles. The van der Waals surface area contributed by atoms with Crippen LogP contribution in [-0.4, -0.2) is 35.2 Å². The molecule has 6 heteroatoms. The van der Waals surface area contributed by atoms with Gasteiger partial charge in [0.1, 0.15) is 12.2 Å². The van der Waals surface area contributed by atoms with E-state index in [1.54, 1.807) is 0 Å². The maximum absolute atomic E-state index is 11.9. The van der Waals surface area contributed by atoms with Crippen molar-refractivity contribution in [2.75, 3.05) is 0 Å². The Bertz CT molecular complexity index is 434. The smallest absolute Gasteiger partial charge is 0.334 e. The van der Waals surface area contributed by atoms with E-state index >= 15 is 0 Å². The monoisotopic (exact) mass is 326 g/mol. The summed E-state index contributed by atoms with van der Waals surface area (Å²) in [5, 5.41) is 8.62. The molecule has 23 heavy (non-hydrogen) atoms. The number of rotatable bonds is 7. The molecule has 1 fully saturated rings. The third-order valence-corrected chi connectivity index (χ3v) is 3.77. The van der Waals surface area contributed by atoms with Gasteiger partial charge < -0.3 is 14.6 Å². The van der Waals surface area contributed by atoms with Crippen LogP contribution in [0.5, 0.6) is 0 Å². The van der Waals surface area contributed by atoms with E-state index in [4.69, 9.17) is 14.6 Å². The minimum atomic E-state index is -1.06. The molecule has 0 radical (unpaired) electrons. The second-order valence-electron chi connectivity index (χ2n) is 6.05. The van der Waals surface area contributed by atoms with Crippen LogP contribution >= 0.6 is 0 Å². The molecule has 0 aliphatic heterocycles. The summed E-state index contributed by atoms with van der Waals surface area (Å²) in [6, 6.07) is 0. The molecule has 1 atom stereocenters. The van der Waals surface area contributed by atoms with E-state index in [-0.39, 0.29) is 24.5 Å². The number of hydrogen-bond donors (Lipinski definition) is 1. The van der Waals surface area contributed by atoms with E-state index in [9.17, 15) is 14.4 Å². The number of ether oxygens (including phenoxy) is 2. The van der Waals surface area contributed by atoms with Crippen LogP contribution in [0.1, 0.15) is 64.7 Å². The first-order valence-electron chi connectivity index (χ1n) is 8.18. The Kier molecular flexibility index (Phi) is 8.37. The van der Waals surface area contributed by atoms with Crippen LogP contribution in [0.15, 0.2) is 12.2 Å². The third kappa shape index (κ3) is 8.38. The van der Waals surface area contributed by atoms with Gasteiger partial charge in [-0.15, -0.1) is 0 Å². The summed E-state index contributed by atoms with van der Waals surface area (Å²) in [5.74, 6) is -2.30. The molecule has 0 saturated heterocycles. The Morgan fingerprint density at radius 2 is 1.70 bits per heavy atom. The first-order chi connectivity index (χ1) is 10.9. The van der Waals surface area contributed by atoms with Crippen molar-refractivity contribution in [2.45, 2.75) is 76.9 Å². The number of carbonyl (C=O) groups excluding carboxylic acids is 2. The topological polar surface area (TPSA) is 89.9 Å². The highest BCUT2D eigenvalue weighted by atomic mass is 16.6. The number of hydrogen-bond acceptors (Lipinski definition) is 5. The molecular weight excluding hydrogens is 300 g/mol. The van der Waals surface area contributed by atoms with Crippen molar-refractivity contribution in [3.63, 3.8) is 0 Å². The zero-order chi connectivity index (χ0) is 17.2. The van der Waals surface area contributed by atoms with Gasteiger partial charge >= 0.3 is 17.9 Å². The van der Waals surface area contributed by atoms with Gasteiger partial charge in [0, 0.05) is 5.57 Å². The molecule has 130 valence electrons. The summed E-state index contributed by atoms with van der Waals surface area (Å²) >= 11 is 0. The van der Waals surface area contributed by atoms with Crippen LogP contribution < -0.4 is 0 Å². The van der Waals surface area contributed by atoms with Gasteiger partial charge in [-0.05, 0) is 32.6 Å². The summed E-state index contributed by atoms with van der Waals surface area (Å²) in [7, 11) is 0. The molecule has 6 nitrogen and oxygen atoms in total. The molecule has 0 spiro atoms. The minimum absolute atomic E-state index is 0.0157. The Balaban J connectivity index is 2.35. The van der Waals surface area contributed by atoms with Crippen molar-refractivity contribution < 1.29 is 29.0 Å². The Morgan fingerprint density at radius 1 is 1.13 bits per heavy atom. The molecule has 1 unspecified atom stereocenters. The van der Waals surface area contributed by atoms with Gasteiger partial charge in [0.15, 0.2) is 0 Å². The van der Waals surface area contributed by atoms with Gasteiger partial charge in [0.25, 0.3) is 0 Å². The van der Waals surface area contributed by atoms with Crippen molar-refractivity contribution in [1.82, 2.24) is 0 Å². The average Bonchev–Trinajstić information content (AvgIpc) is 2.40. The highest BCUT2D eigenvalue weighted by Gasteiger charge is 2.21. The fraction of sp³-hybridized carbons (Fsp3) is 0.706. The summed E-state index contributed by atoms with van der Waals surface area (Å²) in [5.41, 5.74) is -0.0157. The lowest BCUT2D eigenvalue weighted by Gasteiger charge is -2.20. The van der Waals surface area contributed by atoms with Crippen LogP contribution in [0.2, 0.25) is 0 Å². The number of aliphatic carboxylic acids is 1. The maximum atomic E-state index is 11.9. The van der Waals surface area contributed by atoms with Crippen LogP contribution in [0.25, 0.3) is 0 Å². The van der Waals surface area contributed by atoms with E-state index in [2.05, 4.69) is 6.58 Å². The van der Waals surface area contributed by atoms with Gasteiger partial charge in [0.2, 0.25) is 0 Å². The molecule has 1 aliphatic carbocycles. The second kappa shape index (κ2) is 10.0. The first kappa shape index (κ1) is 19.2. The van der Waals surface area contributed by atoms with Crippen LogP contribution in [0, 0.1) is 0 Å². The van der Waals surface area contributed by atoms with E-state index in [0.29, 0.717) is 0 Å². The van der Waals surface area contributed by atoms with E-state index in [1.807, 2.05) is 0 Å². The lowest BCUT2D eigenvalue weighted by molar-refractivity contribution is -0.153. The average molecular weight is 326 g/mol. The van der Waals surface area contributed by atoms with Crippen molar-refractivity contribution in [2.24, 2.45) is 0 Å². The molecule has 0 aromatic rings. The zero-order valence-electron chi connectivity index (χ0n) is 13.7. The SMILES string of the molecule is C=C(CC(=O)OC1CCCCCCC1)C(=O)OC(C)CC(=O)O. The Labute approximate surface area is 136 Å². The molecule has 1 aliphatic rings. The van der Waals surface area contributed by atoms with E-state index in [0.717, 1.165) is 38.5 Å². The van der Waals surface area contributed by atoms with E-state index in [1.165, 1.54) is 13.3 Å². The largest absolute Gasteiger partial charge is 0.481 e. The third-order valence-electron chi connectivity index (χ3n) is 3.77. The molecule has 0 aromatic heterocycles. The predicted octanol–water partition coefficient (Wildman–Crippen LogP) is 3.00. The molecule has 0 bridgehead atoms. The van der Waals surface area contributed by atoms with E-state index < -0.39 is 24.0 Å². The molecule has 0 aromatic carbocycles. The van der Waals surface area contributed by atoms with Gasteiger partial charge in [-0.25, -0.2) is 4.79 Å². The van der Waals surface area contributed by atoms with Gasteiger partial charge in [-0.3, -0.25) is 9.59 Å². The lowest BCUT2D eigenvalue weighted by Crippen LogP contribution is -2.23. The number of carboxylic acids is 1. The zero-order valence-corrected chi connectivity index (χ0v) is 13.7. The van der Waals surface area contributed by atoms with Crippen molar-refractivity contribution in [3.05, 3.63) is 12.2 Å². The fourth-order valence-corrected chi connectivity index (χ4v) is 2.56. The number of esters is 2. The second-order valence-corrected chi connectivity index (χ2v) is 6.05.